The van der Waals surface area contributed by atoms with Crippen molar-refractivity contribution in [1.82, 2.24) is 20.4 Å². The molecule has 0 aliphatic rings. The van der Waals surface area contributed by atoms with E-state index in [0.717, 1.165) is 16.9 Å². The lowest BCUT2D eigenvalue weighted by atomic mass is 10.1. The van der Waals surface area contributed by atoms with Crippen molar-refractivity contribution < 1.29 is 9.59 Å². The van der Waals surface area contributed by atoms with E-state index >= 15 is 0 Å². The normalized spacial score (nSPS) is 10.5. The molecule has 8 heteroatoms. The topological polar surface area (TPSA) is 76.0 Å². The average molecular weight is 417 g/mol. The van der Waals surface area contributed by atoms with Crippen LogP contribution in [0.2, 0.25) is 10.0 Å². The van der Waals surface area contributed by atoms with E-state index in [2.05, 4.69) is 15.7 Å². The largest absolute Gasteiger partial charge is 0.355 e. The maximum Gasteiger partial charge on any atom is 0.271 e. The van der Waals surface area contributed by atoms with E-state index in [1.54, 1.807) is 35.0 Å². The number of carbonyl (C=O) groups is 2. The van der Waals surface area contributed by atoms with E-state index in [-0.39, 0.29) is 17.5 Å². The highest BCUT2D eigenvalue weighted by Crippen LogP contribution is 2.26. The molecule has 2 N–H and O–H groups in total. The minimum atomic E-state index is -0.326. The van der Waals surface area contributed by atoms with Gasteiger partial charge in [0.2, 0.25) is 5.91 Å². The summed E-state index contributed by atoms with van der Waals surface area (Å²) in [5.74, 6) is -0.473. The van der Waals surface area contributed by atoms with Gasteiger partial charge in [-0.05, 0) is 42.5 Å². The number of benzene rings is 2. The van der Waals surface area contributed by atoms with Gasteiger partial charge in [0.1, 0.15) is 0 Å². The summed E-state index contributed by atoms with van der Waals surface area (Å²) in [7, 11) is 0. The second-order valence-corrected chi connectivity index (χ2v) is 6.92. The molecule has 28 heavy (non-hydrogen) atoms. The van der Waals surface area contributed by atoms with Gasteiger partial charge >= 0.3 is 0 Å². The van der Waals surface area contributed by atoms with Crippen molar-refractivity contribution in [3.63, 3.8) is 0 Å². The van der Waals surface area contributed by atoms with Crippen molar-refractivity contribution >= 4 is 35.0 Å². The quantitative estimate of drug-likeness (QED) is 0.601. The standard InChI is InChI=1S/C20H18Cl2N4O2/c1-13(27)23-10-11-24-20(28)18-12-19(14-2-4-15(21)5-3-14)26(25-18)17-8-6-16(22)7-9-17/h2-9,12H,10-11H2,1H3,(H,23,27)(H,24,28). The molecule has 1 heterocycles. The number of nitrogens with one attached hydrogen (secondary N) is 2. The molecule has 0 atom stereocenters. The Balaban J connectivity index is 1.91. The number of nitrogens with zero attached hydrogens (tertiary/aromatic N) is 2. The molecule has 0 radical (unpaired) electrons. The maximum absolute atomic E-state index is 12.5. The molecule has 1 aromatic heterocycles. The third-order valence-corrected chi connectivity index (χ3v) is 4.44. The fraction of sp³-hybridized carbons (Fsp3) is 0.150. The first-order chi connectivity index (χ1) is 13.4. The molecule has 3 rings (SSSR count). The molecular formula is C20H18Cl2N4O2. The number of halogens is 2. The van der Waals surface area contributed by atoms with Gasteiger partial charge in [0.05, 0.1) is 11.4 Å². The summed E-state index contributed by atoms with van der Waals surface area (Å²) in [6, 6.07) is 16.2. The Labute approximate surface area is 172 Å². The molecule has 0 unspecified atom stereocenters. The molecule has 3 aromatic rings. The highest BCUT2D eigenvalue weighted by atomic mass is 35.5. The Morgan fingerprint density at radius 2 is 1.50 bits per heavy atom. The number of carbonyl (C=O) groups excluding carboxylic acids is 2. The van der Waals surface area contributed by atoms with Gasteiger partial charge < -0.3 is 10.6 Å². The van der Waals surface area contributed by atoms with Gasteiger partial charge in [-0.15, -0.1) is 0 Å². The van der Waals surface area contributed by atoms with Crippen molar-refractivity contribution in [3.8, 4) is 16.9 Å². The van der Waals surface area contributed by atoms with Crippen LogP contribution in [-0.4, -0.2) is 34.7 Å². The first kappa shape index (κ1) is 19.9. The van der Waals surface area contributed by atoms with Gasteiger partial charge in [0.25, 0.3) is 5.91 Å². The molecule has 2 amide bonds. The summed E-state index contributed by atoms with van der Waals surface area (Å²) in [5.41, 5.74) is 2.64. The highest BCUT2D eigenvalue weighted by molar-refractivity contribution is 6.30. The van der Waals surface area contributed by atoms with Crippen molar-refractivity contribution in [1.29, 1.82) is 0 Å². The number of aromatic nitrogens is 2. The summed E-state index contributed by atoms with van der Waals surface area (Å²) < 4.78 is 1.68. The van der Waals surface area contributed by atoms with Crippen LogP contribution in [0.5, 0.6) is 0 Å². The van der Waals surface area contributed by atoms with Gasteiger partial charge in [0, 0.05) is 35.6 Å². The molecule has 0 aliphatic heterocycles. The van der Waals surface area contributed by atoms with E-state index in [1.165, 1.54) is 6.92 Å². The molecule has 0 spiro atoms. The van der Waals surface area contributed by atoms with Gasteiger partial charge in [-0.1, -0.05) is 35.3 Å². The molecule has 2 aromatic carbocycles. The summed E-state index contributed by atoms with van der Waals surface area (Å²) in [6.07, 6.45) is 0. The Kier molecular flexibility index (Phi) is 6.34. The Morgan fingerprint density at radius 1 is 0.929 bits per heavy atom. The van der Waals surface area contributed by atoms with Crippen LogP contribution in [0.4, 0.5) is 0 Å². The van der Waals surface area contributed by atoms with Crippen LogP contribution in [0, 0.1) is 0 Å². The first-order valence-corrected chi connectivity index (χ1v) is 9.34. The van der Waals surface area contributed by atoms with Crippen LogP contribution in [0.25, 0.3) is 16.9 Å². The molecular weight excluding hydrogens is 399 g/mol. The lowest BCUT2D eigenvalue weighted by Crippen LogP contribution is -2.33. The van der Waals surface area contributed by atoms with E-state index in [0.29, 0.717) is 23.1 Å². The molecule has 0 saturated carbocycles. The molecule has 0 saturated heterocycles. The second kappa shape index (κ2) is 8.91. The van der Waals surface area contributed by atoms with Gasteiger partial charge in [-0.25, -0.2) is 4.68 Å². The van der Waals surface area contributed by atoms with Crippen molar-refractivity contribution in [3.05, 3.63) is 70.3 Å². The number of rotatable bonds is 6. The van der Waals surface area contributed by atoms with E-state index in [9.17, 15) is 9.59 Å². The maximum atomic E-state index is 12.5. The lowest BCUT2D eigenvalue weighted by Gasteiger charge is -2.08. The Hall–Kier alpha value is -2.83. The first-order valence-electron chi connectivity index (χ1n) is 8.58. The van der Waals surface area contributed by atoms with Crippen molar-refractivity contribution in [2.75, 3.05) is 13.1 Å². The monoisotopic (exact) mass is 416 g/mol. The fourth-order valence-electron chi connectivity index (χ4n) is 2.60. The molecule has 0 fully saturated rings. The SMILES string of the molecule is CC(=O)NCCNC(=O)c1cc(-c2ccc(Cl)cc2)n(-c2ccc(Cl)cc2)n1. The van der Waals surface area contributed by atoms with Crippen LogP contribution in [0.1, 0.15) is 17.4 Å². The van der Waals surface area contributed by atoms with Crippen LogP contribution < -0.4 is 10.6 Å². The summed E-state index contributed by atoms with van der Waals surface area (Å²) in [6.45, 7) is 2.08. The number of hydrogen-bond acceptors (Lipinski definition) is 3. The van der Waals surface area contributed by atoms with Crippen LogP contribution in [0.3, 0.4) is 0 Å². The van der Waals surface area contributed by atoms with Crippen molar-refractivity contribution in [2.24, 2.45) is 0 Å². The minimum Gasteiger partial charge on any atom is -0.355 e. The molecule has 0 bridgehead atoms. The van der Waals surface area contributed by atoms with E-state index in [4.69, 9.17) is 23.2 Å². The van der Waals surface area contributed by atoms with E-state index < -0.39 is 0 Å². The predicted molar refractivity (Wildman–Crippen MR) is 110 cm³/mol. The van der Waals surface area contributed by atoms with Crippen LogP contribution in [0.15, 0.2) is 54.6 Å². The lowest BCUT2D eigenvalue weighted by molar-refractivity contribution is -0.118. The molecule has 0 aliphatic carbocycles. The van der Waals surface area contributed by atoms with Gasteiger partial charge in [-0.2, -0.15) is 5.10 Å². The highest BCUT2D eigenvalue weighted by Gasteiger charge is 2.16. The average Bonchev–Trinajstić information content (AvgIpc) is 3.11. The zero-order valence-electron chi connectivity index (χ0n) is 15.1. The summed E-state index contributed by atoms with van der Waals surface area (Å²) in [5, 5.41) is 11.1. The van der Waals surface area contributed by atoms with Crippen LogP contribution >= 0.6 is 23.2 Å². The third-order valence-electron chi connectivity index (χ3n) is 3.94. The van der Waals surface area contributed by atoms with E-state index in [1.807, 2.05) is 24.3 Å². The Bertz CT molecular complexity index is 919. The molecule has 144 valence electrons. The number of amides is 2. The van der Waals surface area contributed by atoms with Crippen molar-refractivity contribution in [2.45, 2.75) is 6.92 Å². The third kappa shape index (κ3) is 4.91. The number of hydrogen-bond donors (Lipinski definition) is 2. The van der Waals surface area contributed by atoms with Gasteiger partial charge in [-0.3, -0.25) is 9.59 Å². The molecule has 6 nitrogen and oxygen atoms in total. The Morgan fingerprint density at radius 3 is 2.11 bits per heavy atom. The van der Waals surface area contributed by atoms with Crippen LogP contribution in [-0.2, 0) is 4.79 Å². The summed E-state index contributed by atoms with van der Waals surface area (Å²) >= 11 is 12.0. The summed E-state index contributed by atoms with van der Waals surface area (Å²) in [4.78, 5) is 23.4. The zero-order valence-corrected chi connectivity index (χ0v) is 16.6. The fourth-order valence-corrected chi connectivity index (χ4v) is 2.85. The minimum absolute atomic E-state index is 0.147. The second-order valence-electron chi connectivity index (χ2n) is 6.05. The smallest absolute Gasteiger partial charge is 0.271 e. The van der Waals surface area contributed by atoms with Gasteiger partial charge in [0.15, 0.2) is 5.69 Å². The predicted octanol–water partition coefficient (Wildman–Crippen LogP) is 3.71. The zero-order chi connectivity index (χ0) is 20.1.